The van der Waals surface area contributed by atoms with Crippen molar-refractivity contribution in [2.24, 2.45) is 0 Å². The topological polar surface area (TPSA) is 181 Å². The molecule has 12 nitrogen and oxygen atoms in total. The van der Waals surface area contributed by atoms with Crippen molar-refractivity contribution in [1.82, 2.24) is 14.9 Å². The number of nitrogens with zero attached hydrogens (tertiary/aromatic N) is 2. The molecule has 18 heteroatoms. The number of aromatic nitrogens is 2. The summed E-state index contributed by atoms with van der Waals surface area (Å²) in [7, 11) is -4.15. The monoisotopic (exact) mass is 799 g/mol. The Labute approximate surface area is 296 Å². The predicted molar refractivity (Wildman–Crippen MR) is 189 cm³/mol. The SMILES string of the molecule is CSc1sc(C(=N)NC(=O)OC(C)(C)C)cc1S(=O)(=O)c1cc(Br)c2ncn(Cc3cc(NC(=O)CSCCC(=O)O)ccc3F)c2c1. The molecule has 4 rings (SSSR count). The molecule has 2 amide bonds. The number of sulfone groups is 1. The molecule has 256 valence electrons. The van der Waals surface area contributed by atoms with Gasteiger partial charge in [-0.15, -0.1) is 23.1 Å². The molecule has 0 aliphatic carbocycles. The molecule has 0 unspecified atom stereocenters. The van der Waals surface area contributed by atoms with Crippen LogP contribution in [0, 0.1) is 11.2 Å². The minimum absolute atomic E-state index is 0.0304. The second-order valence-corrected chi connectivity index (χ2v) is 17.2. The lowest BCUT2D eigenvalue weighted by atomic mass is 10.1. The summed E-state index contributed by atoms with van der Waals surface area (Å²) in [5, 5.41) is 22.1. The van der Waals surface area contributed by atoms with E-state index in [0.29, 0.717) is 25.4 Å². The number of ether oxygens (including phenoxy) is 1. The summed E-state index contributed by atoms with van der Waals surface area (Å²) in [5.74, 6) is -1.87. The molecule has 0 saturated carbocycles. The minimum atomic E-state index is -4.15. The number of nitrogens with one attached hydrogen (secondary N) is 3. The Balaban J connectivity index is 1.60. The van der Waals surface area contributed by atoms with E-state index in [4.69, 9.17) is 15.3 Å². The lowest BCUT2D eigenvalue weighted by Gasteiger charge is -2.19. The van der Waals surface area contributed by atoms with Crippen molar-refractivity contribution in [3.8, 4) is 0 Å². The van der Waals surface area contributed by atoms with Gasteiger partial charge in [0.25, 0.3) is 0 Å². The van der Waals surface area contributed by atoms with E-state index < -0.39 is 33.3 Å². The van der Waals surface area contributed by atoms with E-state index >= 15 is 0 Å². The number of amidine groups is 1. The van der Waals surface area contributed by atoms with E-state index in [9.17, 15) is 27.2 Å². The van der Waals surface area contributed by atoms with Gasteiger partial charge in [0.2, 0.25) is 15.7 Å². The Morgan fingerprint density at radius 1 is 1.19 bits per heavy atom. The van der Waals surface area contributed by atoms with Crippen LogP contribution in [0.25, 0.3) is 11.0 Å². The number of imidazole rings is 1. The molecule has 0 saturated heterocycles. The molecule has 0 aliphatic heterocycles. The summed E-state index contributed by atoms with van der Waals surface area (Å²) in [6, 6.07) is 8.28. The number of anilines is 1. The molecule has 4 N–H and O–H groups in total. The van der Waals surface area contributed by atoms with Crippen molar-refractivity contribution < 1.29 is 37.0 Å². The van der Waals surface area contributed by atoms with Crippen molar-refractivity contribution in [2.45, 2.75) is 53.3 Å². The average Bonchev–Trinajstić information content (AvgIpc) is 3.61. The summed E-state index contributed by atoms with van der Waals surface area (Å²) in [4.78, 5) is 39.7. The van der Waals surface area contributed by atoms with Crippen molar-refractivity contribution in [2.75, 3.05) is 23.1 Å². The molecule has 2 heterocycles. The molecule has 0 aliphatic rings. The van der Waals surface area contributed by atoms with Crippen molar-refractivity contribution in [3.05, 3.63) is 63.5 Å². The van der Waals surface area contributed by atoms with Gasteiger partial charge in [-0.1, -0.05) is 0 Å². The van der Waals surface area contributed by atoms with Gasteiger partial charge < -0.3 is 19.7 Å². The van der Waals surface area contributed by atoms with Gasteiger partial charge >= 0.3 is 12.1 Å². The summed E-state index contributed by atoms with van der Waals surface area (Å²) in [6.45, 7) is 5.01. The van der Waals surface area contributed by atoms with Crippen LogP contribution in [0.2, 0.25) is 0 Å². The van der Waals surface area contributed by atoms with E-state index in [2.05, 4.69) is 31.5 Å². The number of carbonyl (C=O) groups excluding carboxylic acids is 2. The van der Waals surface area contributed by atoms with E-state index in [1.165, 1.54) is 66.2 Å². The molecule has 0 spiro atoms. The number of aliphatic carboxylic acids is 1. The number of amides is 2. The maximum atomic E-state index is 14.9. The van der Waals surface area contributed by atoms with Crippen LogP contribution in [0.5, 0.6) is 0 Å². The van der Waals surface area contributed by atoms with E-state index in [0.717, 1.165) is 11.3 Å². The van der Waals surface area contributed by atoms with Crippen LogP contribution in [-0.4, -0.2) is 70.2 Å². The summed E-state index contributed by atoms with van der Waals surface area (Å²) in [6.07, 6.45) is 2.25. The van der Waals surface area contributed by atoms with Gasteiger partial charge in [-0.2, -0.15) is 11.8 Å². The number of rotatable bonds is 12. The zero-order chi connectivity index (χ0) is 35.4. The van der Waals surface area contributed by atoms with Crippen molar-refractivity contribution >= 4 is 101 Å². The highest BCUT2D eigenvalue weighted by atomic mass is 79.9. The smallest absolute Gasteiger partial charge is 0.413 e. The molecule has 0 fully saturated rings. The Bertz CT molecular complexity index is 2010. The van der Waals surface area contributed by atoms with Crippen LogP contribution in [0.15, 0.2) is 61.2 Å². The number of benzene rings is 2. The molecule has 2 aromatic heterocycles. The number of carboxylic acids is 1. The van der Waals surface area contributed by atoms with Crippen LogP contribution in [0.4, 0.5) is 14.9 Å². The zero-order valence-electron chi connectivity index (χ0n) is 26.0. The first-order valence-electron chi connectivity index (χ1n) is 14.0. The quantitative estimate of drug-likeness (QED) is 0.0528. The Kier molecular flexibility index (Phi) is 12.0. The first-order chi connectivity index (χ1) is 22.5. The number of hydrogen-bond acceptors (Lipinski definition) is 11. The van der Waals surface area contributed by atoms with Gasteiger partial charge in [0, 0.05) is 21.5 Å². The molecular weight excluding hydrogens is 770 g/mol. The van der Waals surface area contributed by atoms with Crippen molar-refractivity contribution in [1.29, 1.82) is 5.41 Å². The molecule has 4 aromatic rings. The third-order valence-corrected chi connectivity index (χ3v) is 12.2. The number of fused-ring (bicyclic) bond motifs is 1. The highest BCUT2D eigenvalue weighted by Crippen LogP contribution is 2.39. The van der Waals surface area contributed by atoms with Crippen LogP contribution < -0.4 is 10.6 Å². The predicted octanol–water partition coefficient (Wildman–Crippen LogP) is 6.60. The number of thioether (sulfide) groups is 2. The van der Waals surface area contributed by atoms with Gasteiger partial charge in [0.05, 0.1) is 49.4 Å². The summed E-state index contributed by atoms with van der Waals surface area (Å²) < 4.78 is 50.5. The Hall–Kier alpha value is -3.45. The molecule has 2 aromatic carbocycles. The number of hydrogen-bond donors (Lipinski definition) is 4. The number of carbonyl (C=O) groups is 3. The highest BCUT2D eigenvalue weighted by molar-refractivity contribution is 9.10. The van der Waals surface area contributed by atoms with Crippen LogP contribution in [-0.2, 0) is 30.7 Å². The first kappa shape index (κ1) is 37.4. The molecule has 0 radical (unpaired) electrons. The van der Waals surface area contributed by atoms with Crippen LogP contribution >= 0.6 is 50.8 Å². The van der Waals surface area contributed by atoms with Gasteiger partial charge in [-0.25, -0.2) is 22.6 Å². The second kappa shape index (κ2) is 15.4. The Morgan fingerprint density at radius 2 is 1.92 bits per heavy atom. The van der Waals surface area contributed by atoms with Gasteiger partial charge in [-0.05, 0) is 79.4 Å². The number of thiophene rings is 1. The van der Waals surface area contributed by atoms with E-state index in [1.54, 1.807) is 31.6 Å². The lowest BCUT2D eigenvalue weighted by Crippen LogP contribution is -2.36. The number of alkyl carbamates (subject to hydrolysis) is 1. The van der Waals surface area contributed by atoms with Gasteiger partial charge in [0.1, 0.15) is 22.8 Å². The normalized spacial score (nSPS) is 11.8. The summed E-state index contributed by atoms with van der Waals surface area (Å²) >= 11 is 6.81. The standard InChI is InChI=1S/C30H31BrFN5O7S4/c1-30(2,3)44-29(41)36-27(33)22-12-23(28(45-4)47-22)48(42,43)18-10-19(31)26-21(11-18)37(15-34-26)13-16-9-17(5-6-20(16)32)35-24(38)14-46-8-7-25(39)40/h5-6,9-12,15H,7-8,13-14H2,1-4H3,(H,35,38)(H,39,40)(H2,33,36,41). The number of halogens is 2. The zero-order valence-corrected chi connectivity index (χ0v) is 30.9. The second-order valence-electron chi connectivity index (χ2n) is 11.2. The van der Waals surface area contributed by atoms with Crippen molar-refractivity contribution in [3.63, 3.8) is 0 Å². The fourth-order valence-corrected chi connectivity index (χ4v) is 9.63. The maximum absolute atomic E-state index is 14.9. The van der Waals surface area contributed by atoms with Gasteiger partial charge in [0.15, 0.2) is 0 Å². The van der Waals surface area contributed by atoms with Gasteiger partial charge in [-0.3, -0.25) is 20.3 Å². The molecule has 48 heavy (non-hydrogen) atoms. The molecular formula is C30H31BrFN5O7S4. The maximum Gasteiger partial charge on any atom is 0.413 e. The molecule has 0 atom stereocenters. The van der Waals surface area contributed by atoms with Crippen LogP contribution in [0.1, 0.15) is 37.6 Å². The fourth-order valence-electron chi connectivity index (χ4n) is 4.26. The average molecular weight is 801 g/mol. The number of carboxylic acid groups (broad SMARTS) is 1. The largest absolute Gasteiger partial charge is 0.481 e. The van der Waals surface area contributed by atoms with E-state index in [-0.39, 0.29) is 56.4 Å². The lowest BCUT2D eigenvalue weighted by molar-refractivity contribution is -0.136. The third-order valence-electron chi connectivity index (χ3n) is 6.34. The Morgan fingerprint density at radius 3 is 2.58 bits per heavy atom. The molecule has 0 bridgehead atoms. The first-order valence-corrected chi connectivity index (χ1v) is 19.5. The third kappa shape index (κ3) is 9.37. The highest BCUT2D eigenvalue weighted by Gasteiger charge is 2.28. The minimum Gasteiger partial charge on any atom is -0.481 e. The van der Waals surface area contributed by atoms with Crippen LogP contribution in [0.3, 0.4) is 0 Å². The van der Waals surface area contributed by atoms with E-state index in [1.807, 2.05) is 0 Å². The summed E-state index contributed by atoms with van der Waals surface area (Å²) in [5.41, 5.74) is 0.600. The fraction of sp³-hybridized carbons (Fsp3) is 0.300.